The van der Waals surface area contributed by atoms with Gasteiger partial charge >= 0.3 is 0 Å². The van der Waals surface area contributed by atoms with Crippen LogP contribution in [0.4, 0.5) is 0 Å². The number of hydrogen-bond donors (Lipinski definition) is 0. The molecule has 0 aliphatic heterocycles. The zero-order valence-electron chi connectivity index (χ0n) is 12.7. The van der Waals surface area contributed by atoms with Crippen LogP contribution in [0.15, 0.2) is 11.8 Å². The van der Waals surface area contributed by atoms with Crippen molar-refractivity contribution in [3.8, 4) is 0 Å². The van der Waals surface area contributed by atoms with Gasteiger partial charge in [0, 0.05) is 12.5 Å². The summed E-state index contributed by atoms with van der Waals surface area (Å²) in [4.78, 5) is 15.3. The van der Waals surface area contributed by atoms with Gasteiger partial charge in [0.25, 0.3) is 5.09 Å². The summed E-state index contributed by atoms with van der Waals surface area (Å²) in [6.07, 6.45) is 10.1. The molecule has 0 radical (unpaired) electrons. The lowest BCUT2D eigenvalue weighted by atomic mass is 9.85. The molecule has 0 aromatic heterocycles. The maximum atomic E-state index is 10.6. The predicted molar refractivity (Wildman–Crippen MR) is 77.7 cm³/mol. The molecule has 0 aromatic carbocycles. The maximum absolute atomic E-state index is 10.6. The van der Waals surface area contributed by atoms with Crippen LogP contribution in [0.1, 0.15) is 65.2 Å². The minimum atomic E-state index is -0.702. The van der Waals surface area contributed by atoms with Crippen molar-refractivity contribution in [3.05, 3.63) is 21.9 Å². The summed E-state index contributed by atoms with van der Waals surface area (Å²) in [6.45, 7) is 4.92. The first-order chi connectivity index (χ1) is 9.67. The van der Waals surface area contributed by atoms with Gasteiger partial charge in [0.05, 0.1) is 11.9 Å². The van der Waals surface area contributed by atoms with Crippen LogP contribution >= 0.6 is 0 Å². The molecule has 0 heterocycles. The summed E-state index contributed by atoms with van der Waals surface area (Å²) in [5.41, 5.74) is 0. The Morgan fingerprint density at radius 1 is 1.30 bits per heavy atom. The Morgan fingerprint density at radius 3 is 2.70 bits per heavy atom. The zero-order valence-corrected chi connectivity index (χ0v) is 12.7. The molecule has 1 aliphatic carbocycles. The third kappa shape index (κ3) is 6.37. The van der Waals surface area contributed by atoms with Gasteiger partial charge in [-0.2, -0.15) is 0 Å². The Hall–Kier alpha value is -1.10. The van der Waals surface area contributed by atoms with Crippen LogP contribution in [0, 0.1) is 16.0 Å². The average Bonchev–Trinajstić information content (AvgIpc) is 2.43. The van der Waals surface area contributed by atoms with Crippen molar-refractivity contribution in [1.29, 1.82) is 0 Å². The first-order valence-electron chi connectivity index (χ1n) is 7.82. The summed E-state index contributed by atoms with van der Waals surface area (Å²) in [7, 11) is 0. The largest absolute Gasteiger partial charge is 0.378 e. The monoisotopic (exact) mass is 285 g/mol. The lowest BCUT2D eigenvalue weighted by molar-refractivity contribution is -0.743. The minimum absolute atomic E-state index is 0.190. The SMILES string of the molecule is CCCC/C(=C/[C@@H]1CCCC[C@@H]1OCCC)O[N+](=O)[O-]. The fourth-order valence-corrected chi connectivity index (χ4v) is 2.64. The van der Waals surface area contributed by atoms with Crippen LogP contribution in [-0.4, -0.2) is 17.8 Å². The van der Waals surface area contributed by atoms with Crippen LogP contribution in [0.3, 0.4) is 0 Å². The zero-order chi connectivity index (χ0) is 14.8. The summed E-state index contributed by atoms with van der Waals surface area (Å²) in [5.74, 6) is 0.746. The van der Waals surface area contributed by atoms with Gasteiger partial charge in [-0.25, -0.2) is 0 Å². The molecule has 0 unspecified atom stereocenters. The van der Waals surface area contributed by atoms with E-state index in [1.165, 1.54) is 6.42 Å². The third-order valence-corrected chi connectivity index (χ3v) is 3.66. The first kappa shape index (κ1) is 17.0. The highest BCUT2D eigenvalue weighted by Crippen LogP contribution is 2.30. The van der Waals surface area contributed by atoms with Gasteiger partial charge < -0.3 is 4.74 Å². The van der Waals surface area contributed by atoms with Crippen LogP contribution in [-0.2, 0) is 9.57 Å². The molecule has 0 aromatic rings. The molecule has 20 heavy (non-hydrogen) atoms. The Balaban J connectivity index is 2.67. The van der Waals surface area contributed by atoms with Gasteiger partial charge in [-0.15, -0.1) is 10.1 Å². The highest BCUT2D eigenvalue weighted by molar-refractivity contribution is 5.00. The molecule has 0 N–H and O–H groups in total. The highest BCUT2D eigenvalue weighted by atomic mass is 17.0. The second-order valence-corrected chi connectivity index (χ2v) is 5.41. The van der Waals surface area contributed by atoms with E-state index in [9.17, 15) is 10.1 Å². The molecule has 1 saturated carbocycles. The number of unbranched alkanes of at least 4 members (excludes halogenated alkanes) is 1. The fourth-order valence-electron chi connectivity index (χ4n) is 2.64. The van der Waals surface area contributed by atoms with E-state index in [0.29, 0.717) is 12.2 Å². The molecule has 5 heteroatoms. The predicted octanol–water partition coefficient (Wildman–Crippen LogP) is 4.25. The molecule has 2 atom stereocenters. The van der Waals surface area contributed by atoms with Gasteiger partial charge in [-0.1, -0.05) is 39.2 Å². The molecule has 1 fully saturated rings. The Kier molecular flexibility index (Phi) is 8.26. The number of nitrogens with zero attached hydrogens (tertiary/aromatic N) is 1. The van der Waals surface area contributed by atoms with Crippen LogP contribution < -0.4 is 0 Å². The molecule has 5 nitrogen and oxygen atoms in total. The molecule has 1 aliphatic rings. The first-order valence-corrected chi connectivity index (χ1v) is 7.82. The smallest absolute Gasteiger partial charge is 0.299 e. The van der Waals surface area contributed by atoms with Gasteiger partial charge in [0.2, 0.25) is 0 Å². The van der Waals surface area contributed by atoms with Crippen molar-refractivity contribution in [3.63, 3.8) is 0 Å². The molecular weight excluding hydrogens is 258 g/mol. The van der Waals surface area contributed by atoms with Crippen molar-refractivity contribution in [2.24, 2.45) is 5.92 Å². The van der Waals surface area contributed by atoms with Crippen molar-refractivity contribution >= 4 is 0 Å². The van der Waals surface area contributed by atoms with Gasteiger partial charge in [-0.05, 0) is 32.1 Å². The van der Waals surface area contributed by atoms with E-state index in [0.717, 1.165) is 45.1 Å². The Bertz CT molecular complexity index is 317. The van der Waals surface area contributed by atoms with E-state index in [4.69, 9.17) is 9.57 Å². The molecule has 0 spiro atoms. The summed E-state index contributed by atoms with van der Waals surface area (Å²) < 4.78 is 5.89. The molecule has 0 amide bonds. The maximum Gasteiger partial charge on any atom is 0.299 e. The number of ether oxygens (including phenoxy) is 1. The van der Waals surface area contributed by atoms with Gasteiger partial charge in [-0.3, -0.25) is 4.84 Å². The molecule has 0 bridgehead atoms. The molecular formula is C15H27NO4. The Morgan fingerprint density at radius 2 is 2.05 bits per heavy atom. The normalized spacial score (nSPS) is 23.6. The van der Waals surface area contributed by atoms with Gasteiger partial charge in [0.15, 0.2) is 0 Å². The van der Waals surface area contributed by atoms with E-state index < -0.39 is 5.09 Å². The van der Waals surface area contributed by atoms with Gasteiger partial charge in [0.1, 0.15) is 0 Å². The lowest BCUT2D eigenvalue weighted by Crippen LogP contribution is -2.27. The second kappa shape index (κ2) is 9.75. The standard InChI is InChI=1S/C15H27NO4/c1-3-5-9-14(20-16(17)18)12-13-8-6-7-10-15(13)19-11-4-2/h12-13,15H,3-11H2,1-2H3/b14-12-/t13-,15-/m0/s1. The summed E-state index contributed by atoms with van der Waals surface area (Å²) >= 11 is 0. The quantitative estimate of drug-likeness (QED) is 0.361. The lowest BCUT2D eigenvalue weighted by Gasteiger charge is -2.30. The number of rotatable bonds is 9. The van der Waals surface area contributed by atoms with E-state index in [1.54, 1.807) is 0 Å². The van der Waals surface area contributed by atoms with Crippen molar-refractivity contribution in [2.45, 2.75) is 71.3 Å². The van der Waals surface area contributed by atoms with Crippen molar-refractivity contribution in [1.82, 2.24) is 0 Å². The average molecular weight is 285 g/mol. The topological polar surface area (TPSA) is 61.6 Å². The fraction of sp³-hybridized carbons (Fsp3) is 0.867. The molecule has 0 saturated heterocycles. The van der Waals surface area contributed by atoms with E-state index in [2.05, 4.69) is 13.8 Å². The number of allylic oxidation sites excluding steroid dienone is 1. The molecule has 1 rings (SSSR count). The van der Waals surface area contributed by atoms with E-state index in [-0.39, 0.29) is 12.0 Å². The Labute approximate surface area is 121 Å². The minimum Gasteiger partial charge on any atom is -0.378 e. The van der Waals surface area contributed by atoms with E-state index >= 15 is 0 Å². The highest BCUT2D eigenvalue weighted by Gasteiger charge is 2.24. The van der Waals surface area contributed by atoms with Crippen molar-refractivity contribution < 1.29 is 14.7 Å². The van der Waals surface area contributed by atoms with Crippen LogP contribution in [0.5, 0.6) is 0 Å². The van der Waals surface area contributed by atoms with E-state index in [1.807, 2.05) is 6.08 Å². The third-order valence-electron chi connectivity index (χ3n) is 3.66. The molecule has 116 valence electrons. The second-order valence-electron chi connectivity index (χ2n) is 5.41. The summed E-state index contributed by atoms with van der Waals surface area (Å²) in [6, 6.07) is 0. The van der Waals surface area contributed by atoms with Crippen LogP contribution in [0.2, 0.25) is 0 Å². The number of hydrogen-bond acceptors (Lipinski definition) is 4. The van der Waals surface area contributed by atoms with Crippen molar-refractivity contribution in [2.75, 3.05) is 6.61 Å². The summed E-state index contributed by atoms with van der Waals surface area (Å²) in [5, 5.41) is 9.88. The van der Waals surface area contributed by atoms with Crippen LogP contribution in [0.25, 0.3) is 0 Å².